The SMILES string of the molecule is CN(Cc1ccco1)C(=O)CSc1nnc(-c2cccnc2)n1-c1ccc(Cl)c(Cl)c1. The van der Waals surface area contributed by atoms with Gasteiger partial charge in [-0.25, -0.2) is 0 Å². The van der Waals surface area contributed by atoms with Crippen molar-refractivity contribution in [3.05, 3.63) is 76.9 Å². The maximum Gasteiger partial charge on any atom is 0.233 e. The average Bonchev–Trinajstić information content (AvgIpc) is 3.44. The van der Waals surface area contributed by atoms with E-state index in [4.69, 9.17) is 27.6 Å². The molecular weight excluding hydrogens is 457 g/mol. The fraction of sp³-hybridized carbons (Fsp3) is 0.143. The van der Waals surface area contributed by atoms with Crippen LogP contribution >= 0.6 is 35.0 Å². The third-order valence-corrected chi connectivity index (χ3v) is 6.09. The highest BCUT2D eigenvalue weighted by Crippen LogP contribution is 2.31. The molecule has 1 amide bonds. The van der Waals surface area contributed by atoms with Crippen molar-refractivity contribution in [3.63, 3.8) is 0 Å². The second kappa shape index (κ2) is 9.55. The molecule has 0 radical (unpaired) electrons. The standard InChI is InChI=1S/C21H17Cl2N5O2S/c1-27(12-16-5-3-9-30-16)19(29)13-31-21-26-25-20(14-4-2-8-24-11-14)28(21)15-6-7-17(22)18(23)10-15/h2-11H,12-13H2,1H3. The molecule has 0 N–H and O–H groups in total. The molecule has 4 aromatic rings. The van der Waals surface area contributed by atoms with Gasteiger partial charge in [-0.05, 0) is 42.5 Å². The first-order chi connectivity index (χ1) is 15.0. The zero-order valence-corrected chi connectivity index (χ0v) is 18.7. The fourth-order valence-electron chi connectivity index (χ4n) is 2.86. The van der Waals surface area contributed by atoms with Gasteiger partial charge in [0.25, 0.3) is 0 Å². The summed E-state index contributed by atoms with van der Waals surface area (Å²) in [5, 5.41) is 10.1. The van der Waals surface area contributed by atoms with E-state index in [-0.39, 0.29) is 11.7 Å². The lowest BCUT2D eigenvalue weighted by Crippen LogP contribution is -2.27. The zero-order chi connectivity index (χ0) is 21.8. The highest BCUT2D eigenvalue weighted by Gasteiger charge is 2.19. The van der Waals surface area contributed by atoms with Crippen LogP contribution in [0, 0.1) is 0 Å². The molecule has 0 unspecified atom stereocenters. The average molecular weight is 474 g/mol. The third kappa shape index (κ3) is 4.92. The van der Waals surface area contributed by atoms with Crippen molar-refractivity contribution in [2.45, 2.75) is 11.7 Å². The van der Waals surface area contributed by atoms with E-state index in [1.807, 2.05) is 28.8 Å². The normalized spacial score (nSPS) is 10.9. The Balaban J connectivity index is 1.60. The van der Waals surface area contributed by atoms with Gasteiger partial charge in [0.1, 0.15) is 5.76 Å². The number of nitrogens with zero attached hydrogens (tertiary/aromatic N) is 5. The number of rotatable bonds is 7. The van der Waals surface area contributed by atoms with Crippen LogP contribution in [-0.2, 0) is 11.3 Å². The molecule has 0 saturated carbocycles. The third-order valence-electron chi connectivity index (χ3n) is 4.44. The Morgan fingerprint density at radius 2 is 2.03 bits per heavy atom. The molecule has 10 heteroatoms. The molecule has 0 saturated heterocycles. The highest BCUT2D eigenvalue weighted by atomic mass is 35.5. The number of aromatic nitrogens is 4. The minimum atomic E-state index is -0.0620. The first kappa shape index (κ1) is 21.4. The topological polar surface area (TPSA) is 77.1 Å². The Labute approximate surface area is 193 Å². The molecule has 3 aromatic heterocycles. The molecule has 0 atom stereocenters. The second-order valence-corrected chi connectivity index (χ2v) is 8.36. The maximum atomic E-state index is 12.6. The van der Waals surface area contributed by atoms with Gasteiger partial charge < -0.3 is 9.32 Å². The van der Waals surface area contributed by atoms with E-state index in [2.05, 4.69) is 15.2 Å². The first-order valence-electron chi connectivity index (χ1n) is 9.23. The maximum absolute atomic E-state index is 12.6. The van der Waals surface area contributed by atoms with Gasteiger partial charge in [-0.2, -0.15) is 0 Å². The smallest absolute Gasteiger partial charge is 0.233 e. The van der Waals surface area contributed by atoms with Gasteiger partial charge in [-0.3, -0.25) is 14.3 Å². The summed E-state index contributed by atoms with van der Waals surface area (Å²) in [6.45, 7) is 0.396. The number of hydrogen-bond acceptors (Lipinski definition) is 6. The van der Waals surface area contributed by atoms with E-state index in [0.29, 0.717) is 27.6 Å². The molecule has 0 aliphatic rings. The van der Waals surface area contributed by atoms with E-state index in [1.54, 1.807) is 48.8 Å². The lowest BCUT2D eigenvalue weighted by atomic mass is 10.2. The van der Waals surface area contributed by atoms with Gasteiger partial charge in [0.15, 0.2) is 11.0 Å². The predicted molar refractivity (Wildman–Crippen MR) is 121 cm³/mol. The minimum Gasteiger partial charge on any atom is -0.467 e. The van der Waals surface area contributed by atoms with Crippen LogP contribution in [0.4, 0.5) is 0 Å². The lowest BCUT2D eigenvalue weighted by molar-refractivity contribution is -0.127. The molecule has 1 aromatic carbocycles. The van der Waals surface area contributed by atoms with Crippen molar-refractivity contribution in [1.29, 1.82) is 0 Å². The number of thioether (sulfide) groups is 1. The van der Waals surface area contributed by atoms with Crippen LogP contribution in [0.1, 0.15) is 5.76 Å². The second-order valence-electron chi connectivity index (χ2n) is 6.60. The van der Waals surface area contributed by atoms with Crippen molar-refractivity contribution in [1.82, 2.24) is 24.6 Å². The van der Waals surface area contributed by atoms with Crippen LogP contribution in [0.3, 0.4) is 0 Å². The van der Waals surface area contributed by atoms with Crippen LogP contribution in [-0.4, -0.2) is 43.4 Å². The number of carbonyl (C=O) groups excluding carboxylic acids is 1. The van der Waals surface area contributed by atoms with E-state index in [9.17, 15) is 4.79 Å². The zero-order valence-electron chi connectivity index (χ0n) is 16.4. The summed E-state index contributed by atoms with van der Waals surface area (Å²) >= 11 is 13.6. The summed E-state index contributed by atoms with van der Waals surface area (Å²) < 4.78 is 7.15. The van der Waals surface area contributed by atoms with Crippen LogP contribution in [0.15, 0.2) is 70.7 Å². The van der Waals surface area contributed by atoms with Crippen LogP contribution < -0.4 is 0 Å². The molecule has 158 valence electrons. The molecule has 7 nitrogen and oxygen atoms in total. The summed E-state index contributed by atoms with van der Waals surface area (Å²) in [6, 6.07) is 12.6. The van der Waals surface area contributed by atoms with Crippen molar-refractivity contribution < 1.29 is 9.21 Å². The number of furan rings is 1. The number of amides is 1. The monoisotopic (exact) mass is 473 g/mol. The molecule has 3 heterocycles. The molecule has 0 bridgehead atoms. The Morgan fingerprint density at radius 3 is 2.74 bits per heavy atom. The summed E-state index contributed by atoms with van der Waals surface area (Å²) in [7, 11) is 1.73. The van der Waals surface area contributed by atoms with Crippen molar-refractivity contribution in [2.75, 3.05) is 12.8 Å². The van der Waals surface area contributed by atoms with Crippen LogP contribution in [0.2, 0.25) is 10.0 Å². The van der Waals surface area contributed by atoms with Gasteiger partial charge in [0, 0.05) is 25.0 Å². The highest BCUT2D eigenvalue weighted by molar-refractivity contribution is 7.99. The first-order valence-corrected chi connectivity index (χ1v) is 11.0. The number of hydrogen-bond donors (Lipinski definition) is 0. The van der Waals surface area contributed by atoms with Gasteiger partial charge in [0.2, 0.25) is 5.91 Å². The Bertz CT molecular complexity index is 1180. The molecular formula is C21H17Cl2N5O2S. The van der Waals surface area contributed by atoms with Gasteiger partial charge in [0.05, 0.1) is 34.3 Å². The molecule has 0 fully saturated rings. The Hall–Kier alpha value is -2.81. The van der Waals surface area contributed by atoms with Crippen molar-refractivity contribution in [3.8, 4) is 17.1 Å². The summed E-state index contributed by atoms with van der Waals surface area (Å²) in [4.78, 5) is 18.4. The Morgan fingerprint density at radius 1 is 1.16 bits per heavy atom. The molecule has 31 heavy (non-hydrogen) atoms. The van der Waals surface area contributed by atoms with E-state index < -0.39 is 0 Å². The van der Waals surface area contributed by atoms with Gasteiger partial charge in [-0.1, -0.05) is 35.0 Å². The number of benzene rings is 1. The predicted octanol–water partition coefficient (Wildman–Crippen LogP) is 4.98. The molecule has 0 spiro atoms. The molecule has 0 aliphatic carbocycles. The van der Waals surface area contributed by atoms with E-state index >= 15 is 0 Å². The summed E-state index contributed by atoms with van der Waals surface area (Å²) in [5.74, 6) is 1.43. The number of pyridine rings is 1. The minimum absolute atomic E-state index is 0.0620. The largest absolute Gasteiger partial charge is 0.467 e. The van der Waals surface area contributed by atoms with Gasteiger partial charge in [-0.15, -0.1) is 10.2 Å². The molecule has 4 rings (SSSR count). The quantitative estimate of drug-likeness (QED) is 0.352. The van der Waals surface area contributed by atoms with Crippen LogP contribution in [0.25, 0.3) is 17.1 Å². The Kier molecular flexibility index (Phi) is 6.60. The van der Waals surface area contributed by atoms with E-state index in [0.717, 1.165) is 17.0 Å². The number of halogens is 2. The fourth-order valence-corrected chi connectivity index (χ4v) is 4.05. The van der Waals surface area contributed by atoms with Crippen molar-refractivity contribution in [2.24, 2.45) is 0 Å². The summed E-state index contributed by atoms with van der Waals surface area (Å²) in [5.41, 5.74) is 1.52. The van der Waals surface area contributed by atoms with E-state index in [1.165, 1.54) is 11.8 Å². The molecule has 0 aliphatic heterocycles. The number of carbonyl (C=O) groups is 1. The summed E-state index contributed by atoms with van der Waals surface area (Å²) in [6.07, 6.45) is 4.98. The van der Waals surface area contributed by atoms with Crippen molar-refractivity contribution >= 4 is 40.9 Å². The lowest BCUT2D eigenvalue weighted by Gasteiger charge is -2.16. The van der Waals surface area contributed by atoms with Crippen LogP contribution in [0.5, 0.6) is 0 Å². The van der Waals surface area contributed by atoms with Gasteiger partial charge >= 0.3 is 0 Å².